The molecule has 1 atom stereocenters. The second kappa shape index (κ2) is 6.89. The van der Waals surface area contributed by atoms with Gasteiger partial charge in [0.15, 0.2) is 0 Å². The van der Waals surface area contributed by atoms with Crippen LogP contribution in [-0.4, -0.2) is 19.0 Å². The van der Waals surface area contributed by atoms with Gasteiger partial charge in [-0.25, -0.2) is 0 Å². The Bertz CT molecular complexity index is 450. The summed E-state index contributed by atoms with van der Waals surface area (Å²) in [7, 11) is 0. The summed E-state index contributed by atoms with van der Waals surface area (Å²) in [6, 6.07) is 8.45. The average Bonchev–Trinajstić information content (AvgIpc) is 2.46. The summed E-state index contributed by atoms with van der Waals surface area (Å²) < 4.78 is 0. The second-order valence-corrected chi connectivity index (χ2v) is 6.11. The number of carbonyl (C=O) groups is 1. The van der Waals surface area contributed by atoms with E-state index < -0.39 is 0 Å². The summed E-state index contributed by atoms with van der Waals surface area (Å²) >= 11 is 0. The first-order chi connectivity index (χ1) is 9.59. The normalized spacial score (nSPS) is 18.0. The summed E-state index contributed by atoms with van der Waals surface area (Å²) in [5.74, 6) is 0.775. The standard InChI is InChI=1S/C17H26N2O/c1-12(2)16(15-7-5-4-6-13(15)3)19-17(20)14-8-10-18-11-9-14/h4-7,12,14,16,18H,8-11H2,1-3H3,(H,19,20). The van der Waals surface area contributed by atoms with Crippen molar-refractivity contribution in [2.24, 2.45) is 11.8 Å². The Kier molecular flexibility index (Phi) is 5.18. The van der Waals surface area contributed by atoms with Gasteiger partial charge in [-0.1, -0.05) is 38.1 Å². The summed E-state index contributed by atoms with van der Waals surface area (Å²) in [6.07, 6.45) is 1.90. The zero-order chi connectivity index (χ0) is 14.5. The van der Waals surface area contributed by atoms with Gasteiger partial charge in [0.25, 0.3) is 0 Å². The number of nitrogens with one attached hydrogen (secondary N) is 2. The van der Waals surface area contributed by atoms with Crippen molar-refractivity contribution in [3.05, 3.63) is 35.4 Å². The van der Waals surface area contributed by atoms with Crippen LogP contribution in [0.15, 0.2) is 24.3 Å². The van der Waals surface area contributed by atoms with Crippen molar-refractivity contribution in [3.8, 4) is 0 Å². The van der Waals surface area contributed by atoms with Crippen molar-refractivity contribution in [1.29, 1.82) is 0 Å². The molecular formula is C17H26N2O. The van der Waals surface area contributed by atoms with Crippen LogP contribution in [0.1, 0.15) is 43.9 Å². The van der Waals surface area contributed by atoms with Crippen LogP contribution in [0.25, 0.3) is 0 Å². The molecule has 0 spiro atoms. The molecule has 1 saturated heterocycles. The van der Waals surface area contributed by atoms with Crippen molar-refractivity contribution in [2.75, 3.05) is 13.1 Å². The van der Waals surface area contributed by atoms with E-state index >= 15 is 0 Å². The van der Waals surface area contributed by atoms with Gasteiger partial charge in [0.05, 0.1) is 6.04 Å². The molecule has 0 bridgehead atoms. The van der Waals surface area contributed by atoms with Gasteiger partial charge in [-0.2, -0.15) is 0 Å². The van der Waals surface area contributed by atoms with Crippen LogP contribution in [0.4, 0.5) is 0 Å². The third-order valence-electron chi connectivity index (χ3n) is 4.20. The van der Waals surface area contributed by atoms with E-state index in [0.717, 1.165) is 25.9 Å². The molecule has 2 rings (SSSR count). The van der Waals surface area contributed by atoms with E-state index in [0.29, 0.717) is 5.92 Å². The van der Waals surface area contributed by atoms with Gasteiger partial charge in [0.1, 0.15) is 0 Å². The lowest BCUT2D eigenvalue weighted by Gasteiger charge is -2.28. The molecule has 0 saturated carbocycles. The molecule has 1 aliphatic rings. The van der Waals surface area contributed by atoms with Crippen LogP contribution >= 0.6 is 0 Å². The third-order valence-corrected chi connectivity index (χ3v) is 4.20. The van der Waals surface area contributed by atoms with Crippen LogP contribution in [0, 0.1) is 18.8 Å². The summed E-state index contributed by atoms with van der Waals surface area (Å²) in [4.78, 5) is 12.5. The van der Waals surface area contributed by atoms with Gasteiger partial charge < -0.3 is 10.6 Å². The van der Waals surface area contributed by atoms with E-state index in [-0.39, 0.29) is 17.9 Å². The quantitative estimate of drug-likeness (QED) is 0.886. The number of amides is 1. The number of hydrogen-bond acceptors (Lipinski definition) is 2. The lowest BCUT2D eigenvalue weighted by Crippen LogP contribution is -2.41. The molecule has 0 aliphatic carbocycles. The molecule has 3 heteroatoms. The molecule has 110 valence electrons. The Balaban J connectivity index is 2.10. The van der Waals surface area contributed by atoms with Crippen LogP contribution in [0.5, 0.6) is 0 Å². The molecule has 2 N–H and O–H groups in total. The highest BCUT2D eigenvalue weighted by Crippen LogP contribution is 2.25. The topological polar surface area (TPSA) is 41.1 Å². The molecule has 1 heterocycles. The van der Waals surface area contributed by atoms with Crippen LogP contribution in [0.2, 0.25) is 0 Å². The fraction of sp³-hybridized carbons (Fsp3) is 0.588. The monoisotopic (exact) mass is 274 g/mol. The number of piperidine rings is 1. The first kappa shape index (κ1) is 15.0. The van der Waals surface area contributed by atoms with E-state index in [1.54, 1.807) is 0 Å². The summed E-state index contributed by atoms with van der Waals surface area (Å²) in [5, 5.41) is 6.58. The lowest BCUT2D eigenvalue weighted by molar-refractivity contribution is -0.126. The van der Waals surface area contributed by atoms with Gasteiger partial charge in [0.2, 0.25) is 5.91 Å². The zero-order valence-electron chi connectivity index (χ0n) is 12.8. The van der Waals surface area contributed by atoms with Gasteiger partial charge >= 0.3 is 0 Å². The van der Waals surface area contributed by atoms with E-state index in [4.69, 9.17) is 0 Å². The van der Waals surface area contributed by atoms with Gasteiger partial charge in [-0.15, -0.1) is 0 Å². The maximum absolute atomic E-state index is 12.5. The first-order valence-electron chi connectivity index (χ1n) is 7.66. The van der Waals surface area contributed by atoms with Crippen molar-refractivity contribution in [2.45, 2.75) is 39.7 Å². The molecular weight excluding hydrogens is 248 g/mol. The lowest BCUT2D eigenvalue weighted by atomic mass is 9.90. The number of benzene rings is 1. The minimum absolute atomic E-state index is 0.110. The number of carbonyl (C=O) groups excluding carboxylic acids is 1. The Hall–Kier alpha value is -1.35. The molecule has 0 radical (unpaired) electrons. The van der Waals surface area contributed by atoms with E-state index in [1.165, 1.54) is 11.1 Å². The fourth-order valence-corrected chi connectivity index (χ4v) is 2.89. The smallest absolute Gasteiger partial charge is 0.223 e. The molecule has 0 aromatic heterocycles. The van der Waals surface area contributed by atoms with E-state index in [2.05, 4.69) is 43.5 Å². The maximum Gasteiger partial charge on any atom is 0.223 e. The van der Waals surface area contributed by atoms with Crippen LogP contribution in [-0.2, 0) is 4.79 Å². The Labute approximate surface area is 122 Å². The van der Waals surface area contributed by atoms with E-state index in [1.807, 2.05) is 12.1 Å². The minimum Gasteiger partial charge on any atom is -0.349 e. The Morgan fingerprint density at radius 1 is 1.25 bits per heavy atom. The minimum atomic E-state index is 0.110. The molecule has 1 amide bonds. The van der Waals surface area contributed by atoms with Crippen molar-refractivity contribution >= 4 is 5.91 Å². The summed E-state index contributed by atoms with van der Waals surface area (Å²) in [5.41, 5.74) is 2.49. The van der Waals surface area contributed by atoms with Gasteiger partial charge in [-0.05, 0) is 49.9 Å². The molecule has 20 heavy (non-hydrogen) atoms. The van der Waals surface area contributed by atoms with Gasteiger partial charge in [-0.3, -0.25) is 4.79 Å². The highest BCUT2D eigenvalue weighted by atomic mass is 16.1. The Morgan fingerprint density at radius 3 is 2.50 bits per heavy atom. The highest BCUT2D eigenvalue weighted by Gasteiger charge is 2.25. The molecule has 1 unspecified atom stereocenters. The highest BCUT2D eigenvalue weighted by molar-refractivity contribution is 5.79. The molecule has 1 aromatic carbocycles. The van der Waals surface area contributed by atoms with Gasteiger partial charge in [0, 0.05) is 5.92 Å². The predicted molar refractivity (Wildman–Crippen MR) is 82.5 cm³/mol. The molecule has 1 aliphatic heterocycles. The van der Waals surface area contributed by atoms with E-state index in [9.17, 15) is 4.79 Å². The van der Waals surface area contributed by atoms with Crippen molar-refractivity contribution in [3.63, 3.8) is 0 Å². The molecule has 1 fully saturated rings. The second-order valence-electron chi connectivity index (χ2n) is 6.11. The zero-order valence-corrected chi connectivity index (χ0v) is 12.8. The SMILES string of the molecule is Cc1ccccc1C(NC(=O)C1CCNCC1)C(C)C. The maximum atomic E-state index is 12.5. The predicted octanol–water partition coefficient (Wildman–Crippen LogP) is 2.81. The third kappa shape index (κ3) is 3.60. The largest absolute Gasteiger partial charge is 0.349 e. The van der Waals surface area contributed by atoms with Crippen molar-refractivity contribution in [1.82, 2.24) is 10.6 Å². The first-order valence-corrected chi connectivity index (χ1v) is 7.66. The van der Waals surface area contributed by atoms with Crippen LogP contribution < -0.4 is 10.6 Å². The molecule has 1 aromatic rings. The van der Waals surface area contributed by atoms with Crippen molar-refractivity contribution < 1.29 is 4.79 Å². The number of rotatable bonds is 4. The molecule has 3 nitrogen and oxygen atoms in total. The summed E-state index contributed by atoms with van der Waals surface area (Å²) in [6.45, 7) is 8.35. The van der Waals surface area contributed by atoms with Crippen LogP contribution in [0.3, 0.4) is 0 Å². The Morgan fingerprint density at radius 2 is 1.90 bits per heavy atom. The number of aryl methyl sites for hydroxylation is 1. The number of hydrogen-bond donors (Lipinski definition) is 2. The fourth-order valence-electron chi connectivity index (χ4n) is 2.89. The average molecular weight is 274 g/mol.